The van der Waals surface area contributed by atoms with Crippen LogP contribution in [0, 0.1) is 13.8 Å². The Morgan fingerprint density at radius 2 is 1.97 bits per heavy atom. The van der Waals surface area contributed by atoms with Crippen LogP contribution >= 0.6 is 24.0 Å². The Morgan fingerprint density at radius 3 is 2.61 bits per heavy atom. The summed E-state index contributed by atoms with van der Waals surface area (Å²) in [7, 11) is -0.323. The predicted molar refractivity (Wildman–Crippen MR) is 133 cm³/mol. The largest absolute Gasteiger partial charge is 0.383 e. The lowest BCUT2D eigenvalue weighted by Gasteiger charge is -2.13. The van der Waals surface area contributed by atoms with E-state index in [2.05, 4.69) is 38.4 Å². The lowest BCUT2D eigenvalue weighted by atomic mass is 10.2. The molecule has 0 saturated heterocycles. The molecule has 31 heavy (non-hydrogen) atoms. The molecule has 11 heteroatoms. The van der Waals surface area contributed by atoms with Crippen molar-refractivity contribution in [2.75, 3.05) is 33.9 Å². The Balaban J connectivity index is 0.00000480. The summed E-state index contributed by atoms with van der Waals surface area (Å²) in [4.78, 5) is 4.45. The van der Waals surface area contributed by atoms with E-state index in [0.717, 1.165) is 36.5 Å². The minimum Gasteiger partial charge on any atom is -0.383 e. The van der Waals surface area contributed by atoms with Gasteiger partial charge in [0.1, 0.15) is 0 Å². The number of aromatic nitrogens is 2. The van der Waals surface area contributed by atoms with Crippen molar-refractivity contribution in [2.24, 2.45) is 4.99 Å². The predicted octanol–water partition coefficient (Wildman–Crippen LogP) is 1.80. The molecule has 2 rings (SSSR count). The van der Waals surface area contributed by atoms with Crippen LogP contribution in [-0.4, -0.2) is 58.0 Å². The summed E-state index contributed by atoms with van der Waals surface area (Å²) in [5.41, 5.74) is 3.02. The van der Waals surface area contributed by atoms with Gasteiger partial charge in [-0.15, -0.1) is 24.0 Å². The molecule has 0 aliphatic rings. The minimum atomic E-state index is -3.56. The van der Waals surface area contributed by atoms with Crippen molar-refractivity contribution < 1.29 is 13.2 Å². The van der Waals surface area contributed by atoms with Gasteiger partial charge in [0.15, 0.2) is 5.96 Å². The highest BCUT2D eigenvalue weighted by molar-refractivity contribution is 14.0. The van der Waals surface area contributed by atoms with Gasteiger partial charge in [-0.2, -0.15) is 5.10 Å². The standard InChI is InChI=1S/C20H32N6O3S.HI/c1-16-13-17(2)26(25-16)11-6-9-22-20(21-3)23-15-18-7-5-8-19(14-18)30(27,28)24-10-12-29-4;/h5,7-8,13-14,24H,6,9-12,15H2,1-4H3,(H2,21,22,23);1H. The Hall–Kier alpha value is -1.70. The van der Waals surface area contributed by atoms with Gasteiger partial charge in [0, 0.05) is 46.0 Å². The number of aliphatic imine (C=N–C) groups is 1. The number of hydrogen-bond acceptors (Lipinski definition) is 5. The van der Waals surface area contributed by atoms with Crippen molar-refractivity contribution in [3.63, 3.8) is 0 Å². The summed E-state index contributed by atoms with van der Waals surface area (Å²) in [5.74, 6) is 0.662. The number of benzene rings is 1. The minimum absolute atomic E-state index is 0. The quantitative estimate of drug-likeness (QED) is 0.166. The van der Waals surface area contributed by atoms with E-state index in [4.69, 9.17) is 4.74 Å². The highest BCUT2D eigenvalue weighted by atomic mass is 127. The summed E-state index contributed by atoms with van der Waals surface area (Å²) >= 11 is 0. The Labute approximate surface area is 202 Å². The zero-order valence-corrected chi connectivity index (χ0v) is 21.7. The second kappa shape index (κ2) is 13.7. The summed E-state index contributed by atoms with van der Waals surface area (Å²) < 4.78 is 34.1. The van der Waals surface area contributed by atoms with Crippen LogP contribution in [0.4, 0.5) is 0 Å². The molecule has 174 valence electrons. The Kier molecular flexibility index (Phi) is 12.0. The first-order valence-electron chi connectivity index (χ1n) is 9.89. The summed E-state index contributed by atoms with van der Waals surface area (Å²) in [6.07, 6.45) is 0.906. The molecule has 0 aliphatic carbocycles. The fourth-order valence-corrected chi connectivity index (χ4v) is 4.01. The molecule has 0 saturated carbocycles. The lowest BCUT2D eigenvalue weighted by Crippen LogP contribution is -2.37. The zero-order chi connectivity index (χ0) is 22.0. The molecule has 0 atom stereocenters. The topological polar surface area (TPSA) is 110 Å². The van der Waals surface area contributed by atoms with Crippen molar-refractivity contribution in [1.82, 2.24) is 25.1 Å². The smallest absolute Gasteiger partial charge is 0.240 e. The number of halogens is 1. The maximum atomic E-state index is 12.3. The van der Waals surface area contributed by atoms with Gasteiger partial charge < -0.3 is 15.4 Å². The lowest BCUT2D eigenvalue weighted by molar-refractivity contribution is 0.204. The molecule has 0 spiro atoms. The van der Waals surface area contributed by atoms with Crippen molar-refractivity contribution >= 4 is 40.0 Å². The first-order chi connectivity index (χ1) is 14.4. The normalized spacial score (nSPS) is 11.8. The number of sulfonamides is 1. The fraction of sp³-hybridized carbons (Fsp3) is 0.500. The maximum Gasteiger partial charge on any atom is 0.240 e. The van der Waals surface area contributed by atoms with Gasteiger partial charge in [0.2, 0.25) is 10.0 Å². The third-order valence-corrected chi connectivity index (χ3v) is 5.89. The Bertz CT molecular complexity index is 946. The number of nitrogens with zero attached hydrogens (tertiary/aromatic N) is 3. The van der Waals surface area contributed by atoms with Crippen LogP contribution in [0.2, 0.25) is 0 Å². The molecule has 3 N–H and O–H groups in total. The van der Waals surface area contributed by atoms with Crippen LogP contribution in [0.5, 0.6) is 0 Å². The SMILES string of the molecule is CN=C(NCCCn1nc(C)cc1C)NCc1cccc(S(=O)(=O)NCCOC)c1.I. The summed E-state index contributed by atoms with van der Waals surface area (Å²) in [6, 6.07) is 8.89. The number of methoxy groups -OCH3 is 1. The average molecular weight is 564 g/mol. The number of guanidine groups is 1. The van der Waals surface area contributed by atoms with Crippen molar-refractivity contribution in [3.8, 4) is 0 Å². The van der Waals surface area contributed by atoms with Gasteiger partial charge in [-0.3, -0.25) is 9.67 Å². The molecule has 1 aromatic carbocycles. The molecule has 0 bridgehead atoms. The van der Waals surface area contributed by atoms with Crippen LogP contribution in [0.15, 0.2) is 40.2 Å². The first kappa shape index (κ1) is 27.3. The summed E-state index contributed by atoms with van der Waals surface area (Å²) in [5, 5.41) is 10.9. The number of rotatable bonds is 11. The van der Waals surface area contributed by atoms with Gasteiger partial charge in [-0.25, -0.2) is 13.1 Å². The van der Waals surface area contributed by atoms with Gasteiger partial charge in [-0.05, 0) is 44.0 Å². The van der Waals surface area contributed by atoms with Crippen LogP contribution < -0.4 is 15.4 Å². The monoisotopic (exact) mass is 564 g/mol. The van der Waals surface area contributed by atoms with Gasteiger partial charge >= 0.3 is 0 Å². The maximum absolute atomic E-state index is 12.3. The van der Waals surface area contributed by atoms with Crippen LogP contribution in [0.1, 0.15) is 23.4 Å². The van der Waals surface area contributed by atoms with E-state index in [1.54, 1.807) is 25.2 Å². The fourth-order valence-electron chi connectivity index (χ4n) is 2.93. The molecular formula is C20H33IN6O3S. The first-order valence-corrected chi connectivity index (χ1v) is 11.4. The van der Waals surface area contributed by atoms with E-state index in [9.17, 15) is 8.42 Å². The van der Waals surface area contributed by atoms with Crippen LogP contribution in [0.25, 0.3) is 0 Å². The molecule has 0 amide bonds. The van der Waals surface area contributed by atoms with E-state index in [1.165, 1.54) is 7.11 Å². The van der Waals surface area contributed by atoms with Crippen molar-refractivity contribution in [1.29, 1.82) is 0 Å². The molecule has 1 heterocycles. The molecule has 1 aromatic heterocycles. The molecular weight excluding hydrogens is 531 g/mol. The zero-order valence-electron chi connectivity index (χ0n) is 18.5. The number of ether oxygens (including phenoxy) is 1. The number of nitrogens with one attached hydrogen (secondary N) is 3. The highest BCUT2D eigenvalue weighted by Crippen LogP contribution is 2.11. The number of aryl methyl sites for hydroxylation is 3. The van der Waals surface area contributed by atoms with Gasteiger partial charge in [0.25, 0.3) is 0 Å². The van der Waals surface area contributed by atoms with E-state index in [-0.39, 0.29) is 35.4 Å². The molecule has 0 unspecified atom stereocenters. The van der Waals surface area contributed by atoms with E-state index in [1.807, 2.05) is 17.7 Å². The third kappa shape index (κ3) is 9.13. The van der Waals surface area contributed by atoms with Crippen molar-refractivity contribution in [3.05, 3.63) is 47.3 Å². The van der Waals surface area contributed by atoms with Gasteiger partial charge in [-0.1, -0.05) is 12.1 Å². The molecule has 0 aliphatic heterocycles. The second-order valence-electron chi connectivity index (χ2n) is 6.89. The molecule has 0 radical (unpaired) electrons. The van der Waals surface area contributed by atoms with Crippen LogP contribution in [0.3, 0.4) is 0 Å². The number of hydrogen-bond donors (Lipinski definition) is 3. The average Bonchev–Trinajstić information content (AvgIpc) is 3.04. The third-order valence-electron chi connectivity index (χ3n) is 4.43. The van der Waals surface area contributed by atoms with E-state index in [0.29, 0.717) is 19.1 Å². The van der Waals surface area contributed by atoms with E-state index < -0.39 is 10.0 Å². The molecule has 9 nitrogen and oxygen atoms in total. The molecule has 0 fully saturated rings. The summed E-state index contributed by atoms with van der Waals surface area (Å²) in [6.45, 7) is 6.63. The van der Waals surface area contributed by atoms with Gasteiger partial charge in [0.05, 0.1) is 17.2 Å². The van der Waals surface area contributed by atoms with Crippen LogP contribution in [-0.2, 0) is 27.8 Å². The van der Waals surface area contributed by atoms with Crippen molar-refractivity contribution in [2.45, 2.75) is 38.3 Å². The highest BCUT2D eigenvalue weighted by Gasteiger charge is 2.13. The molecule has 2 aromatic rings. The van der Waals surface area contributed by atoms with E-state index >= 15 is 0 Å². The Morgan fingerprint density at radius 1 is 1.19 bits per heavy atom. The second-order valence-corrected chi connectivity index (χ2v) is 8.66.